The Kier molecular flexibility index (Phi) is 2.48. The predicted molar refractivity (Wildman–Crippen MR) is 42.5 cm³/mol. The molecule has 56 valence electrons. The molecule has 0 aromatic carbocycles. The SMILES string of the molecule is NCC(O)c1c[nH]c(Br)c1. The van der Waals surface area contributed by atoms with Crippen molar-refractivity contribution in [2.75, 3.05) is 6.54 Å². The summed E-state index contributed by atoms with van der Waals surface area (Å²) in [4.78, 5) is 2.88. The minimum absolute atomic E-state index is 0.254. The van der Waals surface area contributed by atoms with Crippen molar-refractivity contribution < 1.29 is 5.11 Å². The van der Waals surface area contributed by atoms with E-state index in [2.05, 4.69) is 20.9 Å². The van der Waals surface area contributed by atoms with Crippen LogP contribution in [0.5, 0.6) is 0 Å². The summed E-state index contributed by atoms with van der Waals surface area (Å²) in [6.45, 7) is 0.254. The molecule has 0 bridgehead atoms. The maximum atomic E-state index is 9.18. The lowest BCUT2D eigenvalue weighted by molar-refractivity contribution is 0.187. The summed E-state index contributed by atoms with van der Waals surface area (Å²) in [6.07, 6.45) is 1.17. The van der Waals surface area contributed by atoms with E-state index in [9.17, 15) is 5.11 Å². The fourth-order valence-electron chi connectivity index (χ4n) is 0.710. The Labute approximate surface area is 67.4 Å². The van der Waals surface area contributed by atoms with Crippen LogP contribution in [0.2, 0.25) is 0 Å². The minimum atomic E-state index is -0.553. The van der Waals surface area contributed by atoms with Gasteiger partial charge in [0.15, 0.2) is 0 Å². The smallest absolute Gasteiger partial charge is 0.0927 e. The maximum absolute atomic E-state index is 9.18. The molecular weight excluding hydrogens is 196 g/mol. The van der Waals surface area contributed by atoms with Crippen LogP contribution < -0.4 is 5.73 Å². The summed E-state index contributed by atoms with van der Waals surface area (Å²) >= 11 is 3.22. The van der Waals surface area contributed by atoms with Gasteiger partial charge in [0.2, 0.25) is 0 Å². The predicted octanol–water partition coefficient (Wildman–Crippen LogP) is 0.769. The first-order valence-electron chi connectivity index (χ1n) is 2.96. The topological polar surface area (TPSA) is 62.0 Å². The summed E-state index contributed by atoms with van der Waals surface area (Å²) in [6, 6.07) is 1.80. The monoisotopic (exact) mass is 204 g/mol. The molecule has 4 N–H and O–H groups in total. The highest BCUT2D eigenvalue weighted by Gasteiger charge is 2.05. The van der Waals surface area contributed by atoms with E-state index >= 15 is 0 Å². The molecule has 0 aliphatic heterocycles. The molecule has 0 amide bonds. The van der Waals surface area contributed by atoms with Crippen LogP contribution in [0.15, 0.2) is 16.9 Å². The van der Waals surface area contributed by atoms with Gasteiger partial charge in [0.1, 0.15) is 0 Å². The van der Waals surface area contributed by atoms with E-state index in [1.54, 1.807) is 12.3 Å². The van der Waals surface area contributed by atoms with Crippen LogP contribution in [0.1, 0.15) is 11.7 Å². The average Bonchev–Trinajstić information content (AvgIpc) is 2.34. The van der Waals surface area contributed by atoms with Crippen LogP contribution in [-0.2, 0) is 0 Å². The number of H-pyrrole nitrogens is 1. The van der Waals surface area contributed by atoms with Crippen molar-refractivity contribution >= 4 is 15.9 Å². The maximum Gasteiger partial charge on any atom is 0.0927 e. The molecule has 0 saturated heterocycles. The number of hydrogen-bond acceptors (Lipinski definition) is 2. The molecule has 10 heavy (non-hydrogen) atoms. The molecule has 1 unspecified atom stereocenters. The van der Waals surface area contributed by atoms with Crippen LogP contribution in [0.4, 0.5) is 0 Å². The second kappa shape index (κ2) is 3.18. The molecule has 0 aliphatic rings. The van der Waals surface area contributed by atoms with E-state index < -0.39 is 6.10 Å². The molecular formula is C6H9BrN2O. The van der Waals surface area contributed by atoms with E-state index in [1.165, 1.54) is 0 Å². The Bertz CT molecular complexity index is 211. The molecule has 1 heterocycles. The third kappa shape index (κ3) is 1.59. The van der Waals surface area contributed by atoms with Crippen molar-refractivity contribution in [2.45, 2.75) is 6.10 Å². The highest BCUT2D eigenvalue weighted by Crippen LogP contribution is 2.15. The van der Waals surface area contributed by atoms with Crippen LogP contribution in [0.25, 0.3) is 0 Å². The lowest BCUT2D eigenvalue weighted by atomic mass is 10.2. The van der Waals surface area contributed by atoms with Gasteiger partial charge in [-0.05, 0) is 22.0 Å². The summed E-state index contributed by atoms with van der Waals surface area (Å²) < 4.78 is 0.856. The summed E-state index contributed by atoms with van der Waals surface area (Å²) in [5.74, 6) is 0. The van der Waals surface area contributed by atoms with Crippen molar-refractivity contribution in [3.8, 4) is 0 Å². The molecule has 0 aliphatic carbocycles. The molecule has 1 aromatic heterocycles. The number of rotatable bonds is 2. The van der Waals surface area contributed by atoms with Gasteiger partial charge in [-0.25, -0.2) is 0 Å². The zero-order valence-corrected chi connectivity index (χ0v) is 6.93. The second-order valence-electron chi connectivity index (χ2n) is 2.03. The minimum Gasteiger partial charge on any atom is -0.387 e. The molecule has 1 atom stereocenters. The first-order valence-corrected chi connectivity index (χ1v) is 3.75. The molecule has 1 rings (SSSR count). The zero-order valence-electron chi connectivity index (χ0n) is 5.34. The second-order valence-corrected chi connectivity index (χ2v) is 2.89. The summed E-state index contributed by atoms with van der Waals surface area (Å²) in [5.41, 5.74) is 6.05. The number of halogens is 1. The lowest BCUT2D eigenvalue weighted by Crippen LogP contribution is -2.10. The van der Waals surface area contributed by atoms with Gasteiger partial charge in [-0.3, -0.25) is 0 Å². The van der Waals surface area contributed by atoms with E-state index in [0.29, 0.717) is 0 Å². The highest BCUT2D eigenvalue weighted by molar-refractivity contribution is 9.10. The number of aromatic nitrogens is 1. The van der Waals surface area contributed by atoms with Crippen molar-refractivity contribution in [3.05, 3.63) is 22.4 Å². The van der Waals surface area contributed by atoms with E-state index in [0.717, 1.165) is 10.2 Å². The van der Waals surface area contributed by atoms with Gasteiger partial charge in [-0.1, -0.05) is 0 Å². The Morgan fingerprint density at radius 2 is 2.50 bits per heavy atom. The molecule has 1 aromatic rings. The Morgan fingerprint density at radius 1 is 1.80 bits per heavy atom. The molecule has 3 nitrogen and oxygen atoms in total. The van der Waals surface area contributed by atoms with Gasteiger partial charge in [0, 0.05) is 18.3 Å². The van der Waals surface area contributed by atoms with Gasteiger partial charge >= 0.3 is 0 Å². The first-order chi connectivity index (χ1) is 4.74. The van der Waals surface area contributed by atoms with Crippen LogP contribution in [-0.4, -0.2) is 16.6 Å². The van der Waals surface area contributed by atoms with Crippen LogP contribution in [0, 0.1) is 0 Å². The largest absolute Gasteiger partial charge is 0.387 e. The van der Waals surface area contributed by atoms with Gasteiger partial charge in [-0.15, -0.1) is 0 Å². The Balaban J connectivity index is 2.74. The molecule has 4 heteroatoms. The standard InChI is InChI=1S/C6H9BrN2O/c7-6-1-4(3-9-6)5(10)2-8/h1,3,5,9-10H,2,8H2. The molecule has 0 radical (unpaired) electrons. The van der Waals surface area contributed by atoms with E-state index in [4.69, 9.17) is 5.73 Å². The average molecular weight is 205 g/mol. The first kappa shape index (κ1) is 7.78. The Morgan fingerprint density at radius 3 is 2.90 bits per heavy atom. The third-order valence-corrected chi connectivity index (χ3v) is 1.74. The third-order valence-electron chi connectivity index (χ3n) is 1.28. The number of aromatic amines is 1. The van der Waals surface area contributed by atoms with Crippen molar-refractivity contribution in [2.24, 2.45) is 5.73 Å². The number of aliphatic hydroxyl groups excluding tert-OH is 1. The lowest BCUT2D eigenvalue weighted by Gasteiger charge is -2.01. The molecule has 0 spiro atoms. The fraction of sp³-hybridized carbons (Fsp3) is 0.333. The summed E-state index contributed by atoms with van der Waals surface area (Å²) in [7, 11) is 0. The number of nitrogens with one attached hydrogen (secondary N) is 1. The van der Waals surface area contributed by atoms with Gasteiger partial charge in [-0.2, -0.15) is 0 Å². The van der Waals surface area contributed by atoms with Crippen molar-refractivity contribution in [1.82, 2.24) is 4.98 Å². The van der Waals surface area contributed by atoms with E-state index in [1.807, 2.05) is 0 Å². The van der Waals surface area contributed by atoms with Crippen LogP contribution >= 0.6 is 15.9 Å². The van der Waals surface area contributed by atoms with Crippen molar-refractivity contribution in [3.63, 3.8) is 0 Å². The number of nitrogens with two attached hydrogens (primary N) is 1. The quantitative estimate of drug-likeness (QED) is 0.667. The molecule has 0 saturated carbocycles. The normalized spacial score (nSPS) is 13.5. The van der Waals surface area contributed by atoms with Crippen LogP contribution in [0.3, 0.4) is 0 Å². The van der Waals surface area contributed by atoms with Gasteiger partial charge in [0.25, 0.3) is 0 Å². The summed E-state index contributed by atoms with van der Waals surface area (Å²) in [5, 5.41) is 9.18. The Hall–Kier alpha value is -0.320. The fourth-order valence-corrected chi connectivity index (χ4v) is 1.09. The number of aliphatic hydroxyl groups is 1. The van der Waals surface area contributed by atoms with Gasteiger partial charge < -0.3 is 15.8 Å². The van der Waals surface area contributed by atoms with Crippen molar-refractivity contribution in [1.29, 1.82) is 0 Å². The van der Waals surface area contributed by atoms with Gasteiger partial charge in [0.05, 0.1) is 10.7 Å². The highest BCUT2D eigenvalue weighted by atomic mass is 79.9. The number of hydrogen-bond donors (Lipinski definition) is 3. The van der Waals surface area contributed by atoms with E-state index in [-0.39, 0.29) is 6.54 Å². The molecule has 0 fully saturated rings. The zero-order chi connectivity index (χ0) is 7.56.